The maximum Gasteiger partial charge on any atom is 0.213 e. The number of carbonyl (C=O) groups excluding carboxylic acids is 1. The fraction of sp³-hybridized carbons (Fsp3) is 0.111. The summed E-state index contributed by atoms with van der Waals surface area (Å²) in [6.45, 7) is 4.02. The molecule has 4 nitrogen and oxygen atoms in total. The Morgan fingerprint density at radius 3 is 1.93 bits per heavy atom. The zero-order valence-corrected chi connectivity index (χ0v) is 23.0. The van der Waals surface area contributed by atoms with Gasteiger partial charge in [-0.15, -0.1) is 0 Å². The Morgan fingerprint density at radius 1 is 0.700 bits per heavy atom. The maximum absolute atomic E-state index is 14.0. The molecule has 0 spiro atoms. The van der Waals surface area contributed by atoms with Crippen molar-refractivity contribution in [2.45, 2.75) is 13.8 Å². The lowest BCUT2D eigenvalue weighted by Gasteiger charge is -2.23. The van der Waals surface area contributed by atoms with Crippen LogP contribution in [0.1, 0.15) is 23.7 Å². The van der Waals surface area contributed by atoms with Crippen LogP contribution in [0.4, 0.5) is 5.69 Å². The van der Waals surface area contributed by atoms with E-state index in [4.69, 9.17) is 0 Å². The summed E-state index contributed by atoms with van der Waals surface area (Å²) < 4.78 is 4.20. The van der Waals surface area contributed by atoms with Crippen molar-refractivity contribution in [3.05, 3.63) is 125 Å². The number of ketones is 1. The lowest BCUT2D eigenvalue weighted by molar-refractivity contribution is -0.401. The summed E-state index contributed by atoms with van der Waals surface area (Å²) in [4.78, 5) is 14.0. The second-order valence-electron chi connectivity index (χ2n) is 10.7. The Kier molecular flexibility index (Phi) is 5.29. The summed E-state index contributed by atoms with van der Waals surface area (Å²) in [5, 5.41) is 12.6. The van der Waals surface area contributed by atoms with Gasteiger partial charge in [0.1, 0.15) is 12.8 Å². The Labute approximate surface area is 233 Å². The van der Waals surface area contributed by atoms with Crippen LogP contribution in [-0.2, 0) is 11.8 Å². The molecule has 4 aromatic carbocycles. The SMILES string of the molecule is CC1=[N+](C)c2ccc(-c3ccccc3)cc2/C1=C1\C(=O)C(c2c(C)n(C)c3ccc(-c4ccccc4)cc23)=C1O. The van der Waals surface area contributed by atoms with E-state index in [-0.39, 0.29) is 11.5 Å². The van der Waals surface area contributed by atoms with E-state index < -0.39 is 0 Å². The largest absolute Gasteiger partial charge is 0.506 e. The van der Waals surface area contributed by atoms with Crippen LogP contribution in [0.5, 0.6) is 0 Å². The number of hydrogen-bond donors (Lipinski definition) is 1. The van der Waals surface area contributed by atoms with Gasteiger partial charge in [-0.05, 0) is 53.4 Å². The Bertz CT molecular complexity index is 1990. The number of hydrogen-bond acceptors (Lipinski definition) is 2. The number of nitrogens with zero attached hydrogens (tertiary/aromatic N) is 2. The summed E-state index contributed by atoms with van der Waals surface area (Å²) >= 11 is 0. The number of Topliss-reactive ketones (excluding diaryl/α,β-unsaturated/α-hetero) is 1. The van der Waals surface area contributed by atoms with E-state index in [0.29, 0.717) is 11.1 Å². The number of benzene rings is 4. The zero-order chi connectivity index (χ0) is 27.7. The highest BCUT2D eigenvalue weighted by Gasteiger charge is 2.44. The quantitative estimate of drug-likeness (QED) is 0.194. The minimum Gasteiger partial charge on any atom is -0.506 e. The first-order chi connectivity index (χ1) is 19.4. The van der Waals surface area contributed by atoms with Crippen LogP contribution in [-0.4, -0.2) is 32.8 Å². The molecule has 1 aliphatic carbocycles. The minimum absolute atomic E-state index is 0.0754. The molecule has 0 saturated heterocycles. The number of fused-ring (bicyclic) bond motifs is 2. The number of aromatic nitrogens is 1. The van der Waals surface area contributed by atoms with Crippen molar-refractivity contribution in [1.82, 2.24) is 4.57 Å². The van der Waals surface area contributed by atoms with Crippen LogP contribution in [0.15, 0.2) is 108 Å². The molecule has 40 heavy (non-hydrogen) atoms. The molecule has 5 aromatic rings. The molecule has 1 N–H and O–H groups in total. The van der Waals surface area contributed by atoms with E-state index in [1.54, 1.807) is 0 Å². The molecule has 194 valence electrons. The number of aliphatic hydroxyl groups excluding tert-OH is 1. The molecule has 0 radical (unpaired) electrons. The van der Waals surface area contributed by atoms with Gasteiger partial charge in [-0.2, -0.15) is 4.58 Å². The van der Waals surface area contributed by atoms with E-state index in [9.17, 15) is 9.90 Å². The van der Waals surface area contributed by atoms with Crippen LogP contribution >= 0.6 is 0 Å². The first-order valence-electron chi connectivity index (χ1n) is 13.5. The number of carbonyl (C=O) groups is 1. The second-order valence-corrected chi connectivity index (χ2v) is 10.7. The number of rotatable bonds is 3. The molecular formula is C36H29N2O2+. The summed E-state index contributed by atoms with van der Waals surface area (Å²) in [5.74, 6) is -0.0367. The molecule has 1 aliphatic heterocycles. The molecule has 0 bridgehead atoms. The van der Waals surface area contributed by atoms with Crippen LogP contribution in [0, 0.1) is 6.92 Å². The van der Waals surface area contributed by atoms with E-state index in [1.165, 1.54) is 0 Å². The lowest BCUT2D eigenvalue weighted by Crippen LogP contribution is -2.24. The fourth-order valence-corrected chi connectivity index (χ4v) is 6.26. The summed E-state index contributed by atoms with van der Waals surface area (Å²) in [6, 6.07) is 33.1. The van der Waals surface area contributed by atoms with Crippen molar-refractivity contribution >= 4 is 39.2 Å². The minimum atomic E-state index is -0.112. The molecule has 0 unspecified atom stereocenters. The van der Waals surface area contributed by atoms with Gasteiger partial charge < -0.3 is 9.67 Å². The lowest BCUT2D eigenvalue weighted by atomic mass is 9.77. The number of aliphatic hydroxyl groups is 1. The Balaban J connectivity index is 1.42. The van der Waals surface area contributed by atoms with Gasteiger partial charge in [0, 0.05) is 42.2 Å². The standard InChI is InChI=1S/C36H28N2O2/c1-21-31(27-19-25(15-17-29(27)37(21)3)23-11-7-5-8-12-23)33-35(39)34(36(33)40)32-22(2)38(4)30-18-16-26(20-28(30)32)24-13-9-6-10-14-24/h5-20H,1-4H3/p+1. The summed E-state index contributed by atoms with van der Waals surface area (Å²) in [5.41, 5.74) is 11.7. The van der Waals surface area contributed by atoms with Crippen LogP contribution in [0.3, 0.4) is 0 Å². The fourth-order valence-electron chi connectivity index (χ4n) is 6.26. The van der Waals surface area contributed by atoms with Crippen molar-refractivity contribution < 1.29 is 14.5 Å². The average molecular weight is 522 g/mol. The summed E-state index contributed by atoms with van der Waals surface area (Å²) in [7, 11) is 4.02. The van der Waals surface area contributed by atoms with Crippen LogP contribution < -0.4 is 0 Å². The highest BCUT2D eigenvalue weighted by Crippen LogP contribution is 2.48. The molecule has 2 heterocycles. The molecule has 7 rings (SSSR count). The van der Waals surface area contributed by atoms with Gasteiger partial charge in [0.05, 0.1) is 22.3 Å². The number of aryl methyl sites for hydroxylation is 1. The van der Waals surface area contributed by atoms with Gasteiger partial charge >= 0.3 is 0 Å². The monoisotopic (exact) mass is 521 g/mol. The Hall–Kier alpha value is -4.96. The highest BCUT2D eigenvalue weighted by atomic mass is 16.3. The third-order valence-electron chi connectivity index (χ3n) is 8.63. The molecule has 0 atom stereocenters. The van der Waals surface area contributed by atoms with E-state index in [1.807, 2.05) is 64.3 Å². The van der Waals surface area contributed by atoms with Crippen molar-refractivity contribution in [2.24, 2.45) is 7.05 Å². The first-order valence-corrected chi connectivity index (χ1v) is 13.5. The topological polar surface area (TPSA) is 45.2 Å². The predicted molar refractivity (Wildman–Crippen MR) is 163 cm³/mol. The van der Waals surface area contributed by atoms with Gasteiger partial charge in [-0.3, -0.25) is 4.79 Å². The third-order valence-corrected chi connectivity index (χ3v) is 8.63. The van der Waals surface area contributed by atoms with Gasteiger partial charge in [0.25, 0.3) is 0 Å². The van der Waals surface area contributed by atoms with Crippen molar-refractivity contribution in [3.8, 4) is 22.3 Å². The van der Waals surface area contributed by atoms with E-state index in [0.717, 1.165) is 66.9 Å². The summed E-state index contributed by atoms with van der Waals surface area (Å²) in [6.07, 6.45) is 0. The van der Waals surface area contributed by atoms with Crippen LogP contribution in [0.25, 0.3) is 44.3 Å². The zero-order valence-electron chi connectivity index (χ0n) is 23.0. The normalized spacial score (nSPS) is 16.6. The molecular weight excluding hydrogens is 492 g/mol. The van der Waals surface area contributed by atoms with Crippen LogP contribution in [0.2, 0.25) is 0 Å². The number of allylic oxidation sites excluding steroid dienone is 3. The van der Waals surface area contributed by atoms with Crippen molar-refractivity contribution in [2.75, 3.05) is 7.05 Å². The second kappa shape index (κ2) is 8.78. The highest BCUT2D eigenvalue weighted by molar-refractivity contribution is 6.47. The maximum atomic E-state index is 14.0. The molecule has 0 saturated carbocycles. The molecule has 4 heteroatoms. The van der Waals surface area contributed by atoms with E-state index in [2.05, 4.69) is 69.8 Å². The smallest absolute Gasteiger partial charge is 0.213 e. The van der Waals surface area contributed by atoms with Gasteiger partial charge in [0.2, 0.25) is 11.5 Å². The van der Waals surface area contributed by atoms with Gasteiger partial charge in [-0.25, -0.2) is 0 Å². The average Bonchev–Trinajstić information content (AvgIpc) is 3.38. The van der Waals surface area contributed by atoms with Crippen molar-refractivity contribution in [3.63, 3.8) is 0 Å². The third kappa shape index (κ3) is 3.32. The first kappa shape index (κ1) is 24.1. The molecule has 1 aromatic heterocycles. The Morgan fingerprint density at radius 2 is 1.30 bits per heavy atom. The molecule has 2 aliphatic rings. The van der Waals surface area contributed by atoms with E-state index >= 15 is 0 Å². The molecule has 0 amide bonds. The van der Waals surface area contributed by atoms with Crippen molar-refractivity contribution in [1.29, 1.82) is 0 Å². The predicted octanol–water partition coefficient (Wildman–Crippen LogP) is 7.87. The molecule has 0 fully saturated rings. The van der Waals surface area contributed by atoms with Gasteiger partial charge in [0.15, 0.2) is 5.71 Å². The van der Waals surface area contributed by atoms with Gasteiger partial charge in [-0.1, -0.05) is 66.7 Å².